The molecule has 0 bridgehead atoms. The third-order valence-corrected chi connectivity index (χ3v) is 7.49. The van der Waals surface area contributed by atoms with Gasteiger partial charge in [-0.2, -0.15) is 0 Å². The summed E-state index contributed by atoms with van der Waals surface area (Å²) >= 11 is 3.20. The number of hydrogen-bond acceptors (Lipinski definition) is 7. The standard InChI is InChI=1S/C22H22N4O3S2/c1-13-25-16(11-30-13)17-7-6-14(29-17)10-23-19(27)8-9-26-12-24-21-20(22(26)28)15-4-2-3-5-18(15)31-21/h6-7,11-12H,2-5,8-10H2,1H3,(H,23,27). The molecule has 4 heterocycles. The predicted molar refractivity (Wildman–Crippen MR) is 122 cm³/mol. The van der Waals surface area contributed by atoms with E-state index in [1.54, 1.807) is 33.6 Å². The average Bonchev–Trinajstić information content (AvgIpc) is 3.49. The summed E-state index contributed by atoms with van der Waals surface area (Å²) in [5.74, 6) is 1.22. The van der Waals surface area contributed by atoms with Gasteiger partial charge in [-0.05, 0) is 50.3 Å². The maximum atomic E-state index is 13.0. The summed E-state index contributed by atoms with van der Waals surface area (Å²) in [6.45, 7) is 2.55. The lowest BCUT2D eigenvalue weighted by Crippen LogP contribution is -2.27. The van der Waals surface area contributed by atoms with Gasteiger partial charge < -0.3 is 9.73 Å². The Balaban J connectivity index is 1.21. The van der Waals surface area contributed by atoms with Gasteiger partial charge in [0.2, 0.25) is 5.91 Å². The van der Waals surface area contributed by atoms with E-state index in [0.717, 1.165) is 40.2 Å². The number of carbonyl (C=O) groups excluding carboxylic acids is 1. The van der Waals surface area contributed by atoms with Gasteiger partial charge >= 0.3 is 0 Å². The van der Waals surface area contributed by atoms with Crippen LogP contribution in [0, 0.1) is 6.92 Å². The molecule has 0 saturated heterocycles. The molecule has 1 aliphatic rings. The lowest BCUT2D eigenvalue weighted by molar-refractivity contribution is -0.121. The monoisotopic (exact) mass is 454 g/mol. The molecule has 5 rings (SSSR count). The highest BCUT2D eigenvalue weighted by atomic mass is 32.1. The molecule has 0 unspecified atom stereocenters. The molecule has 0 aliphatic heterocycles. The van der Waals surface area contributed by atoms with Crippen LogP contribution >= 0.6 is 22.7 Å². The summed E-state index contributed by atoms with van der Waals surface area (Å²) in [6, 6.07) is 3.70. The molecule has 31 heavy (non-hydrogen) atoms. The number of nitrogens with zero attached hydrogens (tertiary/aromatic N) is 3. The Labute approximate surface area is 186 Å². The molecule has 0 spiro atoms. The van der Waals surface area contributed by atoms with Crippen LogP contribution in [-0.4, -0.2) is 20.4 Å². The van der Waals surface area contributed by atoms with Crippen molar-refractivity contribution in [3.8, 4) is 11.5 Å². The van der Waals surface area contributed by atoms with Gasteiger partial charge in [-0.1, -0.05) is 0 Å². The van der Waals surface area contributed by atoms with Gasteiger partial charge in [0.1, 0.15) is 16.3 Å². The van der Waals surface area contributed by atoms with E-state index < -0.39 is 0 Å². The zero-order valence-corrected chi connectivity index (χ0v) is 18.8. The number of rotatable bonds is 6. The number of aromatic nitrogens is 3. The maximum absolute atomic E-state index is 13.0. The molecule has 1 N–H and O–H groups in total. The number of amides is 1. The van der Waals surface area contributed by atoms with Crippen LogP contribution in [0.2, 0.25) is 0 Å². The number of furan rings is 1. The fourth-order valence-electron chi connectivity index (χ4n) is 3.92. The highest BCUT2D eigenvalue weighted by Crippen LogP contribution is 2.33. The number of nitrogens with one attached hydrogen (secondary N) is 1. The van der Waals surface area contributed by atoms with E-state index in [9.17, 15) is 9.59 Å². The Kier molecular flexibility index (Phi) is 5.45. The van der Waals surface area contributed by atoms with Crippen molar-refractivity contribution in [1.82, 2.24) is 19.9 Å². The first-order chi connectivity index (χ1) is 15.1. The lowest BCUT2D eigenvalue weighted by atomic mass is 9.97. The molecule has 0 atom stereocenters. The summed E-state index contributed by atoms with van der Waals surface area (Å²) in [7, 11) is 0. The third-order valence-electron chi connectivity index (χ3n) is 5.51. The molecule has 0 aromatic carbocycles. The lowest BCUT2D eigenvalue weighted by Gasteiger charge is -2.10. The average molecular weight is 455 g/mol. The van der Waals surface area contributed by atoms with Crippen molar-refractivity contribution >= 4 is 38.8 Å². The van der Waals surface area contributed by atoms with E-state index in [4.69, 9.17) is 4.42 Å². The van der Waals surface area contributed by atoms with Crippen molar-refractivity contribution in [1.29, 1.82) is 0 Å². The molecule has 0 saturated carbocycles. The van der Waals surface area contributed by atoms with Crippen molar-refractivity contribution < 1.29 is 9.21 Å². The minimum atomic E-state index is -0.137. The Hall–Kier alpha value is -2.78. The van der Waals surface area contributed by atoms with Crippen molar-refractivity contribution in [2.45, 2.75) is 52.1 Å². The Morgan fingerprint density at radius 2 is 2.16 bits per heavy atom. The number of thiazole rings is 1. The van der Waals surface area contributed by atoms with Crippen LogP contribution in [0.4, 0.5) is 0 Å². The molecule has 7 nitrogen and oxygen atoms in total. The quantitative estimate of drug-likeness (QED) is 0.474. The van der Waals surface area contributed by atoms with Crippen molar-refractivity contribution in [3.05, 3.63) is 55.4 Å². The van der Waals surface area contributed by atoms with Gasteiger partial charge in [-0.15, -0.1) is 22.7 Å². The minimum absolute atomic E-state index is 0.0357. The summed E-state index contributed by atoms with van der Waals surface area (Å²) in [4.78, 5) is 36.3. The van der Waals surface area contributed by atoms with E-state index in [-0.39, 0.29) is 17.9 Å². The minimum Gasteiger partial charge on any atom is -0.458 e. The molecule has 0 radical (unpaired) electrons. The van der Waals surface area contributed by atoms with E-state index in [0.29, 0.717) is 24.6 Å². The smallest absolute Gasteiger partial charge is 0.262 e. The third kappa shape index (κ3) is 4.07. The highest BCUT2D eigenvalue weighted by Gasteiger charge is 2.20. The maximum Gasteiger partial charge on any atom is 0.262 e. The van der Waals surface area contributed by atoms with Gasteiger partial charge in [0.15, 0.2) is 5.76 Å². The number of hydrogen-bond donors (Lipinski definition) is 1. The summed E-state index contributed by atoms with van der Waals surface area (Å²) < 4.78 is 7.33. The van der Waals surface area contributed by atoms with Crippen LogP contribution in [0.5, 0.6) is 0 Å². The van der Waals surface area contributed by atoms with Crippen LogP contribution in [0.25, 0.3) is 21.7 Å². The van der Waals surface area contributed by atoms with Gasteiger partial charge in [-0.3, -0.25) is 14.2 Å². The first kappa shape index (κ1) is 20.1. The Morgan fingerprint density at radius 3 is 3.00 bits per heavy atom. The van der Waals surface area contributed by atoms with Crippen LogP contribution in [0.1, 0.15) is 40.5 Å². The summed E-state index contributed by atoms with van der Waals surface area (Å²) in [6.07, 6.45) is 6.05. The molecule has 4 aromatic heterocycles. The molecule has 160 valence electrons. The Morgan fingerprint density at radius 1 is 1.29 bits per heavy atom. The van der Waals surface area contributed by atoms with Crippen molar-refractivity contribution in [3.63, 3.8) is 0 Å². The first-order valence-corrected chi connectivity index (χ1v) is 12.1. The molecule has 1 amide bonds. The van der Waals surface area contributed by atoms with Crippen LogP contribution in [0.3, 0.4) is 0 Å². The molecule has 9 heteroatoms. The SMILES string of the molecule is Cc1nc(-c2ccc(CNC(=O)CCn3cnc4sc5c(c4c3=O)CCCC5)o2)cs1. The molecule has 1 aliphatic carbocycles. The summed E-state index contributed by atoms with van der Waals surface area (Å²) in [5, 5.41) is 6.54. The van der Waals surface area contributed by atoms with Crippen LogP contribution < -0.4 is 10.9 Å². The zero-order valence-electron chi connectivity index (χ0n) is 17.1. The van der Waals surface area contributed by atoms with Crippen molar-refractivity contribution in [2.24, 2.45) is 0 Å². The number of fused-ring (bicyclic) bond motifs is 3. The summed E-state index contributed by atoms with van der Waals surface area (Å²) in [5.41, 5.74) is 1.94. The second-order valence-electron chi connectivity index (χ2n) is 7.68. The van der Waals surface area contributed by atoms with Gasteiger partial charge in [0.05, 0.1) is 23.3 Å². The van der Waals surface area contributed by atoms with Crippen molar-refractivity contribution in [2.75, 3.05) is 0 Å². The fraction of sp³-hybridized carbons (Fsp3) is 0.364. The van der Waals surface area contributed by atoms with Crippen LogP contribution in [-0.2, 0) is 30.7 Å². The molecular formula is C22H22N4O3S2. The first-order valence-electron chi connectivity index (χ1n) is 10.4. The van der Waals surface area contributed by atoms with Gasteiger partial charge in [0.25, 0.3) is 5.56 Å². The number of thiophene rings is 1. The number of carbonyl (C=O) groups is 1. The second-order valence-corrected chi connectivity index (χ2v) is 9.82. The van der Waals surface area contributed by atoms with E-state index in [1.165, 1.54) is 16.9 Å². The van der Waals surface area contributed by atoms with Crippen LogP contribution in [0.15, 0.2) is 33.1 Å². The highest BCUT2D eigenvalue weighted by molar-refractivity contribution is 7.18. The molecule has 4 aromatic rings. The zero-order chi connectivity index (χ0) is 21.4. The number of aryl methyl sites for hydroxylation is 4. The molecule has 0 fully saturated rings. The second kappa shape index (κ2) is 8.39. The largest absolute Gasteiger partial charge is 0.458 e. The molecular weight excluding hydrogens is 432 g/mol. The Bertz CT molecular complexity index is 1310. The topological polar surface area (TPSA) is 90.0 Å². The predicted octanol–water partition coefficient (Wildman–Crippen LogP) is 4.07. The normalized spacial score (nSPS) is 13.5. The van der Waals surface area contributed by atoms with Gasteiger partial charge in [0, 0.05) is 23.2 Å². The van der Waals surface area contributed by atoms with E-state index >= 15 is 0 Å². The fourth-order valence-corrected chi connectivity index (χ4v) is 5.75. The van der Waals surface area contributed by atoms with E-state index in [2.05, 4.69) is 15.3 Å². The van der Waals surface area contributed by atoms with E-state index in [1.807, 2.05) is 24.4 Å². The van der Waals surface area contributed by atoms with Gasteiger partial charge in [-0.25, -0.2) is 9.97 Å².